The van der Waals surface area contributed by atoms with E-state index in [2.05, 4.69) is 5.10 Å². The molecule has 13 heteroatoms. The average molecular weight is 375 g/mol. The molecule has 0 aromatic carbocycles. The molecule has 1 unspecified atom stereocenters. The first kappa shape index (κ1) is 19.1. The summed E-state index contributed by atoms with van der Waals surface area (Å²) in [6.07, 6.45) is -4.61. The summed E-state index contributed by atoms with van der Waals surface area (Å²) in [7, 11) is 0. The van der Waals surface area contributed by atoms with Gasteiger partial charge in [-0.15, -0.1) is 0 Å². The third-order valence-electron chi connectivity index (χ3n) is 3.35. The Morgan fingerprint density at radius 2 is 2.04 bits per heavy atom. The van der Waals surface area contributed by atoms with Crippen molar-refractivity contribution < 1.29 is 28.0 Å². The molecule has 0 saturated carbocycles. The summed E-state index contributed by atoms with van der Waals surface area (Å²) in [5.41, 5.74) is 1.23. The molecule has 0 fully saturated rings. The second-order valence-corrected chi connectivity index (χ2v) is 5.24. The number of pyridine rings is 1. The van der Waals surface area contributed by atoms with Crippen molar-refractivity contribution in [3.8, 4) is 0 Å². The summed E-state index contributed by atoms with van der Waals surface area (Å²) in [5, 5.41) is 24.1. The highest BCUT2D eigenvalue weighted by Gasteiger charge is 2.35. The molecule has 0 spiro atoms. The monoisotopic (exact) mass is 375 g/mol. The van der Waals surface area contributed by atoms with Crippen molar-refractivity contribution in [2.24, 2.45) is 5.73 Å². The van der Waals surface area contributed by atoms with Gasteiger partial charge in [0.05, 0.1) is 24.1 Å². The maximum Gasteiger partial charge on any atom is 0.431 e. The minimum Gasteiger partial charge on any atom is -0.389 e. The highest BCUT2D eigenvalue weighted by atomic mass is 19.4. The molecule has 0 bridgehead atoms. The number of rotatable bonds is 6. The Bertz CT molecular complexity index is 904. The normalized spacial score (nSPS) is 12.8. The van der Waals surface area contributed by atoms with Crippen molar-refractivity contribution in [3.05, 3.63) is 56.3 Å². The molecule has 140 valence electrons. The van der Waals surface area contributed by atoms with Gasteiger partial charge in [-0.2, -0.15) is 18.3 Å². The molecule has 0 aliphatic rings. The predicted molar refractivity (Wildman–Crippen MR) is 79.1 cm³/mol. The minimum absolute atomic E-state index is 0.183. The third-order valence-corrected chi connectivity index (χ3v) is 3.35. The van der Waals surface area contributed by atoms with Gasteiger partial charge in [-0.25, -0.2) is 0 Å². The van der Waals surface area contributed by atoms with E-state index in [9.17, 15) is 38.0 Å². The number of alkyl halides is 3. The Hall–Kier alpha value is -3.22. The molecule has 1 atom stereocenters. The van der Waals surface area contributed by atoms with Gasteiger partial charge in [-0.05, 0) is 12.1 Å². The van der Waals surface area contributed by atoms with Crippen LogP contribution < -0.4 is 11.3 Å². The van der Waals surface area contributed by atoms with Crippen LogP contribution in [0.3, 0.4) is 0 Å². The van der Waals surface area contributed by atoms with Crippen LogP contribution in [0.25, 0.3) is 0 Å². The molecular weight excluding hydrogens is 363 g/mol. The second kappa shape index (κ2) is 6.95. The number of nitro groups is 1. The number of hydrogen-bond acceptors (Lipinski definition) is 6. The molecule has 26 heavy (non-hydrogen) atoms. The first-order valence-corrected chi connectivity index (χ1v) is 6.96. The molecule has 1 amide bonds. The van der Waals surface area contributed by atoms with Crippen LogP contribution in [0.2, 0.25) is 0 Å². The zero-order valence-electron chi connectivity index (χ0n) is 12.9. The fourth-order valence-electron chi connectivity index (χ4n) is 2.23. The summed E-state index contributed by atoms with van der Waals surface area (Å²) >= 11 is 0. The van der Waals surface area contributed by atoms with Crippen LogP contribution >= 0.6 is 0 Å². The lowest BCUT2D eigenvalue weighted by Crippen LogP contribution is -2.37. The minimum atomic E-state index is -4.92. The topological polar surface area (TPSA) is 146 Å². The van der Waals surface area contributed by atoms with Gasteiger partial charge in [0.15, 0.2) is 0 Å². The summed E-state index contributed by atoms with van der Waals surface area (Å²) in [5.74, 6) is -1.21. The van der Waals surface area contributed by atoms with Crippen LogP contribution in [0, 0.1) is 10.1 Å². The lowest BCUT2D eigenvalue weighted by Gasteiger charge is -2.19. The maximum absolute atomic E-state index is 13.1. The molecule has 2 rings (SSSR count). The molecule has 0 saturated heterocycles. The first-order valence-electron chi connectivity index (χ1n) is 6.96. The van der Waals surface area contributed by atoms with Crippen LogP contribution in [-0.4, -0.2) is 36.4 Å². The number of amides is 1. The van der Waals surface area contributed by atoms with Gasteiger partial charge in [0.25, 0.3) is 11.5 Å². The van der Waals surface area contributed by atoms with E-state index in [1.54, 1.807) is 0 Å². The zero-order valence-corrected chi connectivity index (χ0v) is 12.9. The lowest BCUT2D eigenvalue weighted by molar-refractivity contribution is -0.385. The fraction of sp³-hybridized carbons (Fsp3) is 0.308. The second-order valence-electron chi connectivity index (χ2n) is 5.24. The van der Waals surface area contributed by atoms with E-state index in [4.69, 9.17) is 5.73 Å². The Morgan fingerprint density at radius 3 is 2.54 bits per heavy atom. The van der Waals surface area contributed by atoms with Gasteiger partial charge >= 0.3 is 11.9 Å². The Morgan fingerprint density at radius 1 is 1.38 bits per heavy atom. The van der Waals surface area contributed by atoms with Crippen molar-refractivity contribution in [2.45, 2.75) is 25.4 Å². The number of carbonyl (C=O) groups is 1. The van der Waals surface area contributed by atoms with Gasteiger partial charge < -0.3 is 15.4 Å². The highest BCUT2D eigenvalue weighted by molar-refractivity contribution is 5.92. The number of carbonyl (C=O) groups excluding carboxylic acids is 1. The number of aromatic nitrogens is 3. The highest BCUT2D eigenvalue weighted by Crippen LogP contribution is 2.28. The molecule has 0 radical (unpaired) electrons. The van der Waals surface area contributed by atoms with E-state index in [0.717, 1.165) is 17.1 Å². The largest absolute Gasteiger partial charge is 0.431 e. The van der Waals surface area contributed by atoms with Crippen molar-refractivity contribution in [1.82, 2.24) is 14.3 Å². The van der Waals surface area contributed by atoms with E-state index in [1.165, 1.54) is 0 Å². The van der Waals surface area contributed by atoms with Gasteiger partial charge in [-0.3, -0.25) is 24.4 Å². The number of nitrogens with two attached hydrogens (primary N) is 1. The van der Waals surface area contributed by atoms with E-state index >= 15 is 0 Å². The summed E-state index contributed by atoms with van der Waals surface area (Å²) in [4.78, 5) is 33.1. The smallest absolute Gasteiger partial charge is 0.389 e. The van der Waals surface area contributed by atoms with Crippen LogP contribution in [-0.2, 0) is 19.3 Å². The van der Waals surface area contributed by atoms with Crippen molar-refractivity contribution in [2.75, 3.05) is 0 Å². The molecule has 2 aromatic heterocycles. The standard InChI is InChI=1S/C13H12F3N5O5/c14-13(15,16)10-2-1-9(11(17)23)12(24)20(10)6-8(22)5-19-4-7(3-18-19)21(25)26/h1-4,8,22H,5-6H2,(H2,17,23). The summed E-state index contributed by atoms with van der Waals surface area (Å²) in [6.45, 7) is -1.25. The van der Waals surface area contributed by atoms with Crippen LogP contribution in [0.15, 0.2) is 29.3 Å². The Kier molecular flexibility index (Phi) is 5.11. The van der Waals surface area contributed by atoms with Crippen LogP contribution in [0.4, 0.5) is 18.9 Å². The molecule has 10 nitrogen and oxygen atoms in total. The Balaban J connectivity index is 2.33. The summed E-state index contributed by atoms with van der Waals surface area (Å²) in [6, 6.07) is 1.17. The summed E-state index contributed by atoms with van der Waals surface area (Å²) < 4.78 is 40.4. The van der Waals surface area contributed by atoms with Crippen molar-refractivity contribution >= 4 is 11.6 Å². The quantitative estimate of drug-likeness (QED) is 0.542. The fourth-order valence-corrected chi connectivity index (χ4v) is 2.23. The predicted octanol–water partition coefficient (Wildman–Crippen LogP) is 0.132. The Labute approximate surface area is 142 Å². The molecule has 2 heterocycles. The first-order chi connectivity index (χ1) is 12.0. The van der Waals surface area contributed by atoms with Gasteiger partial charge in [0.2, 0.25) is 0 Å². The number of hydrogen-bond donors (Lipinski definition) is 2. The number of halogens is 3. The van der Waals surface area contributed by atoms with Crippen molar-refractivity contribution in [3.63, 3.8) is 0 Å². The van der Waals surface area contributed by atoms with E-state index in [-0.39, 0.29) is 10.3 Å². The molecular formula is C13H12F3N5O5. The lowest BCUT2D eigenvalue weighted by atomic mass is 10.2. The van der Waals surface area contributed by atoms with Gasteiger partial charge in [-0.1, -0.05) is 0 Å². The van der Waals surface area contributed by atoms with Gasteiger partial charge in [0, 0.05) is 0 Å². The van der Waals surface area contributed by atoms with Crippen LogP contribution in [0.1, 0.15) is 16.1 Å². The number of aliphatic hydroxyl groups excluding tert-OH is 1. The van der Waals surface area contributed by atoms with E-state index < -0.39 is 53.0 Å². The van der Waals surface area contributed by atoms with Gasteiger partial charge in [0.1, 0.15) is 23.7 Å². The third kappa shape index (κ3) is 4.05. The molecule has 0 aliphatic heterocycles. The maximum atomic E-state index is 13.1. The average Bonchev–Trinajstić information content (AvgIpc) is 2.96. The van der Waals surface area contributed by atoms with Crippen molar-refractivity contribution in [1.29, 1.82) is 0 Å². The molecule has 3 N–H and O–H groups in total. The molecule has 2 aromatic rings. The van der Waals surface area contributed by atoms with E-state index in [0.29, 0.717) is 12.1 Å². The SMILES string of the molecule is NC(=O)c1ccc(C(F)(F)F)n(CC(O)Cn2cc([N+](=O)[O-])cn2)c1=O. The number of aliphatic hydroxyl groups is 1. The number of primary amides is 1. The zero-order chi connectivity index (χ0) is 19.6. The van der Waals surface area contributed by atoms with Crippen LogP contribution in [0.5, 0.6) is 0 Å². The number of nitrogens with zero attached hydrogens (tertiary/aromatic N) is 4. The van der Waals surface area contributed by atoms with E-state index in [1.807, 2.05) is 0 Å². The molecule has 0 aliphatic carbocycles.